The summed E-state index contributed by atoms with van der Waals surface area (Å²) in [6.07, 6.45) is 5.63. The Balaban J connectivity index is 1.45. The predicted molar refractivity (Wildman–Crippen MR) is 122 cm³/mol. The number of methoxy groups -OCH3 is 1. The van der Waals surface area contributed by atoms with Gasteiger partial charge < -0.3 is 14.6 Å². The van der Waals surface area contributed by atoms with Gasteiger partial charge in [0, 0.05) is 47.4 Å². The molecule has 4 rings (SSSR count). The Morgan fingerprint density at radius 2 is 1.97 bits per heavy atom. The van der Waals surface area contributed by atoms with Crippen molar-refractivity contribution in [2.75, 3.05) is 13.7 Å². The van der Waals surface area contributed by atoms with Gasteiger partial charge in [-0.05, 0) is 61.1 Å². The van der Waals surface area contributed by atoms with Crippen LogP contribution in [0.3, 0.4) is 0 Å². The Morgan fingerprint density at radius 1 is 1.16 bits per heavy atom. The van der Waals surface area contributed by atoms with Gasteiger partial charge in [0.05, 0.1) is 12.6 Å². The zero-order valence-electron chi connectivity index (χ0n) is 17.7. The minimum Gasteiger partial charge on any atom is -0.760 e. The van der Waals surface area contributed by atoms with Crippen LogP contribution in [0.1, 0.15) is 36.8 Å². The molecule has 1 saturated carbocycles. The molecule has 2 N–H and O–H groups in total. The van der Waals surface area contributed by atoms with E-state index in [2.05, 4.69) is 33.2 Å². The molecular weight excluding hydrogens is 410 g/mol. The van der Waals surface area contributed by atoms with E-state index < -0.39 is 11.3 Å². The predicted octanol–water partition coefficient (Wildman–Crippen LogP) is 3.60. The van der Waals surface area contributed by atoms with Crippen molar-refractivity contribution in [2.24, 2.45) is 0 Å². The number of para-hydroxylation sites is 1. The van der Waals surface area contributed by atoms with Gasteiger partial charge in [-0.15, -0.1) is 0 Å². The van der Waals surface area contributed by atoms with E-state index >= 15 is 0 Å². The zero-order chi connectivity index (χ0) is 21.7. The van der Waals surface area contributed by atoms with Gasteiger partial charge in [-0.1, -0.05) is 30.3 Å². The van der Waals surface area contributed by atoms with Gasteiger partial charge in [-0.25, -0.2) is 4.72 Å². The summed E-state index contributed by atoms with van der Waals surface area (Å²) in [7, 11) is 1.65. The SMILES string of the molecule is COc1cccc(C2(CNS(=O)[O-])CCC(NCc3ccnc4ccccc34)CC2)c1. The Morgan fingerprint density at radius 3 is 2.74 bits per heavy atom. The van der Waals surface area contributed by atoms with Crippen molar-refractivity contribution in [3.63, 3.8) is 0 Å². The minimum atomic E-state index is -2.28. The first-order valence-corrected chi connectivity index (χ1v) is 11.7. The number of benzene rings is 2. The van der Waals surface area contributed by atoms with E-state index in [-0.39, 0.29) is 5.41 Å². The molecule has 1 unspecified atom stereocenters. The fourth-order valence-corrected chi connectivity index (χ4v) is 5.05. The van der Waals surface area contributed by atoms with Gasteiger partial charge in [0.15, 0.2) is 0 Å². The van der Waals surface area contributed by atoms with Gasteiger partial charge >= 0.3 is 0 Å². The Labute approximate surface area is 185 Å². The van der Waals surface area contributed by atoms with E-state index in [0.717, 1.165) is 49.1 Å². The molecule has 1 atom stereocenters. The number of rotatable bonds is 8. The average Bonchev–Trinajstić information content (AvgIpc) is 2.82. The van der Waals surface area contributed by atoms with Crippen molar-refractivity contribution in [3.05, 3.63) is 71.9 Å². The molecule has 1 fully saturated rings. The quantitative estimate of drug-likeness (QED) is 0.525. The van der Waals surface area contributed by atoms with Gasteiger partial charge in [-0.3, -0.25) is 9.19 Å². The molecule has 3 aromatic rings. The number of hydrogen-bond donors (Lipinski definition) is 2. The van der Waals surface area contributed by atoms with E-state index in [1.807, 2.05) is 42.6 Å². The molecule has 7 heteroatoms. The topological polar surface area (TPSA) is 86.3 Å². The molecule has 164 valence electrons. The monoisotopic (exact) mass is 438 g/mol. The molecule has 6 nitrogen and oxygen atoms in total. The maximum Gasteiger partial charge on any atom is 0.119 e. The number of nitrogens with zero attached hydrogens (tertiary/aromatic N) is 1. The normalized spacial score (nSPS) is 22.3. The Hall–Kier alpha value is -2.32. The number of aromatic nitrogens is 1. The van der Waals surface area contributed by atoms with E-state index in [4.69, 9.17) is 4.74 Å². The number of pyridine rings is 1. The Kier molecular flexibility index (Phi) is 6.97. The molecule has 0 aliphatic heterocycles. The first-order chi connectivity index (χ1) is 15.1. The van der Waals surface area contributed by atoms with Crippen LogP contribution in [0.4, 0.5) is 0 Å². The number of hydrogen-bond acceptors (Lipinski definition) is 5. The molecule has 0 bridgehead atoms. The van der Waals surface area contributed by atoms with Gasteiger partial charge in [0.2, 0.25) is 0 Å². The Bertz CT molecular complexity index is 1050. The van der Waals surface area contributed by atoms with E-state index in [9.17, 15) is 8.76 Å². The van der Waals surface area contributed by atoms with Crippen molar-refractivity contribution in [1.29, 1.82) is 0 Å². The molecule has 31 heavy (non-hydrogen) atoms. The molecule has 1 heterocycles. The van der Waals surface area contributed by atoms with Crippen LogP contribution in [0.25, 0.3) is 10.9 Å². The first kappa shape index (κ1) is 21.9. The van der Waals surface area contributed by atoms with Gasteiger partial charge in [0.1, 0.15) is 5.75 Å². The van der Waals surface area contributed by atoms with Crippen LogP contribution >= 0.6 is 0 Å². The van der Waals surface area contributed by atoms with Crippen LogP contribution < -0.4 is 14.8 Å². The molecule has 1 aliphatic rings. The van der Waals surface area contributed by atoms with E-state index in [1.165, 1.54) is 10.9 Å². The molecule has 0 radical (unpaired) electrons. The highest BCUT2D eigenvalue weighted by atomic mass is 32.2. The molecule has 0 amide bonds. The molecule has 1 aliphatic carbocycles. The third kappa shape index (κ3) is 5.13. The fraction of sp³-hybridized carbons (Fsp3) is 0.375. The minimum absolute atomic E-state index is 0.226. The summed E-state index contributed by atoms with van der Waals surface area (Å²) >= 11 is -2.28. The summed E-state index contributed by atoms with van der Waals surface area (Å²) in [6, 6.07) is 18.7. The van der Waals surface area contributed by atoms with Crippen molar-refractivity contribution in [2.45, 2.75) is 43.7 Å². The van der Waals surface area contributed by atoms with Crippen molar-refractivity contribution in [3.8, 4) is 5.75 Å². The summed E-state index contributed by atoms with van der Waals surface area (Å²) in [5.74, 6) is 0.796. The molecule has 0 saturated heterocycles. The number of fused-ring (bicyclic) bond motifs is 1. The average molecular weight is 439 g/mol. The molecule has 1 aromatic heterocycles. The largest absolute Gasteiger partial charge is 0.760 e. The molecule has 0 spiro atoms. The maximum absolute atomic E-state index is 11.2. The molecule has 2 aromatic carbocycles. The fourth-order valence-electron chi connectivity index (χ4n) is 4.66. The van der Waals surface area contributed by atoms with Crippen LogP contribution in [0.15, 0.2) is 60.8 Å². The highest BCUT2D eigenvalue weighted by Crippen LogP contribution is 2.40. The summed E-state index contributed by atoms with van der Waals surface area (Å²) in [4.78, 5) is 4.44. The second kappa shape index (κ2) is 9.87. The highest BCUT2D eigenvalue weighted by Gasteiger charge is 2.37. The maximum atomic E-state index is 11.2. The van der Waals surface area contributed by atoms with Crippen LogP contribution in [0, 0.1) is 0 Å². The number of nitrogens with one attached hydrogen (secondary N) is 2. The van der Waals surface area contributed by atoms with E-state index in [0.29, 0.717) is 12.6 Å². The number of ether oxygens (including phenoxy) is 1. The third-order valence-electron chi connectivity index (χ3n) is 6.47. The zero-order valence-corrected chi connectivity index (χ0v) is 18.5. The molecular formula is C24H28N3O3S-. The smallest absolute Gasteiger partial charge is 0.119 e. The van der Waals surface area contributed by atoms with Crippen molar-refractivity contribution < 1.29 is 13.5 Å². The van der Waals surface area contributed by atoms with Crippen molar-refractivity contribution in [1.82, 2.24) is 15.0 Å². The standard InChI is InChI=1S/C24H29N3O3S/c1-30-21-6-4-5-19(15-21)24(17-27-31(28)29)12-9-20(10-13-24)26-16-18-11-14-25-23-8-3-2-7-22(18)23/h2-8,11,14-15,20,26-27H,9-10,12-13,16-17H2,1H3,(H,28,29)/p-1. The summed E-state index contributed by atoms with van der Waals surface area (Å²) in [6.45, 7) is 1.20. The van der Waals surface area contributed by atoms with Gasteiger partial charge in [0.25, 0.3) is 0 Å². The van der Waals surface area contributed by atoms with Crippen LogP contribution in [-0.2, 0) is 23.2 Å². The van der Waals surface area contributed by atoms with Crippen LogP contribution in [-0.4, -0.2) is 33.4 Å². The van der Waals surface area contributed by atoms with Crippen LogP contribution in [0.5, 0.6) is 5.75 Å². The lowest BCUT2D eigenvalue weighted by Gasteiger charge is -2.41. The summed E-state index contributed by atoms with van der Waals surface area (Å²) in [5.41, 5.74) is 3.16. The van der Waals surface area contributed by atoms with E-state index in [1.54, 1.807) is 7.11 Å². The third-order valence-corrected chi connectivity index (χ3v) is 6.85. The first-order valence-electron chi connectivity index (χ1n) is 10.6. The lowest BCUT2D eigenvalue weighted by atomic mass is 9.68. The lowest BCUT2D eigenvalue weighted by Crippen LogP contribution is -2.45. The van der Waals surface area contributed by atoms with Crippen LogP contribution in [0.2, 0.25) is 0 Å². The second-order valence-corrected chi connectivity index (χ2v) is 8.97. The highest BCUT2D eigenvalue weighted by molar-refractivity contribution is 7.77. The summed E-state index contributed by atoms with van der Waals surface area (Å²) < 4.78 is 30.5. The van der Waals surface area contributed by atoms with Gasteiger partial charge in [-0.2, -0.15) is 0 Å². The second-order valence-electron chi connectivity index (χ2n) is 8.21. The summed E-state index contributed by atoms with van der Waals surface area (Å²) in [5, 5.41) is 4.89. The lowest BCUT2D eigenvalue weighted by molar-refractivity contribution is 0.244. The van der Waals surface area contributed by atoms with Crippen molar-refractivity contribution >= 4 is 22.2 Å².